The van der Waals surface area contributed by atoms with Crippen LogP contribution in [0.25, 0.3) is 0 Å². The highest BCUT2D eigenvalue weighted by atomic mass is 19.1. The van der Waals surface area contributed by atoms with Gasteiger partial charge in [-0.15, -0.1) is 0 Å². The molecular weight excluding hydrogens is 251 g/mol. The van der Waals surface area contributed by atoms with Crippen molar-refractivity contribution < 1.29 is 14.4 Å². The maximum atomic E-state index is 13.3. The Hall–Kier alpha value is -2.15. The Bertz CT molecular complexity index is 477. The Kier molecular flexibility index (Phi) is 5.74. The molecule has 0 heterocycles. The van der Waals surface area contributed by atoms with Gasteiger partial charge in [-0.05, 0) is 30.7 Å². The average molecular weight is 268 g/mol. The number of nitrogens with one attached hydrogen (secondary N) is 2. The summed E-state index contributed by atoms with van der Waals surface area (Å²) in [5, 5.41) is 16.9. The minimum Gasteiger partial charge on any atom is -0.409 e. The molecule has 0 fully saturated rings. The lowest BCUT2D eigenvalue weighted by Gasteiger charge is -2.07. The van der Waals surface area contributed by atoms with Crippen molar-refractivity contribution in [1.82, 2.24) is 10.6 Å². The molecule has 0 aliphatic rings. The fraction of sp³-hybridized carbons (Fsp3) is 0.333. The molecule has 19 heavy (non-hydrogen) atoms. The molecule has 1 amide bonds. The molecule has 0 radical (unpaired) electrons. The minimum atomic E-state index is -0.487. The largest absolute Gasteiger partial charge is 0.409 e. The van der Waals surface area contributed by atoms with E-state index >= 15 is 0 Å². The number of benzene rings is 1. The zero-order valence-electron chi connectivity index (χ0n) is 10.6. The lowest BCUT2D eigenvalue weighted by Crippen LogP contribution is -2.33. The molecule has 6 nitrogen and oxygen atoms in total. The summed E-state index contributed by atoms with van der Waals surface area (Å²) >= 11 is 0. The first-order chi connectivity index (χ1) is 9.06. The van der Waals surface area contributed by atoms with Gasteiger partial charge >= 0.3 is 0 Å². The van der Waals surface area contributed by atoms with Gasteiger partial charge in [-0.2, -0.15) is 0 Å². The summed E-state index contributed by atoms with van der Waals surface area (Å²) in [4.78, 5) is 11.2. The standard InChI is InChI=1S/C12H17FN4O2/c1-2-16-11(18)7-15-6-8-3-9(12(14)17-19)5-10(13)4-8/h3-5,15,19H,2,6-7H2,1H3,(H2,14,17)(H,16,18). The quantitative estimate of drug-likeness (QED) is 0.255. The van der Waals surface area contributed by atoms with Crippen LogP contribution in [-0.4, -0.2) is 30.0 Å². The second-order valence-corrected chi connectivity index (χ2v) is 3.89. The van der Waals surface area contributed by atoms with Gasteiger partial charge in [0.15, 0.2) is 5.84 Å². The maximum Gasteiger partial charge on any atom is 0.233 e. The molecule has 0 bridgehead atoms. The molecular formula is C12H17FN4O2. The number of hydrogen-bond donors (Lipinski definition) is 4. The van der Waals surface area contributed by atoms with Gasteiger partial charge in [0, 0.05) is 18.7 Å². The number of hydrogen-bond acceptors (Lipinski definition) is 4. The second kappa shape index (κ2) is 7.32. The number of carbonyl (C=O) groups is 1. The lowest BCUT2D eigenvalue weighted by molar-refractivity contribution is -0.120. The van der Waals surface area contributed by atoms with Crippen LogP contribution >= 0.6 is 0 Å². The molecule has 1 aromatic rings. The maximum absolute atomic E-state index is 13.3. The van der Waals surface area contributed by atoms with Crippen LogP contribution in [0.2, 0.25) is 0 Å². The summed E-state index contributed by atoms with van der Waals surface area (Å²) in [6.45, 7) is 2.84. The number of amides is 1. The molecule has 5 N–H and O–H groups in total. The van der Waals surface area contributed by atoms with E-state index in [2.05, 4.69) is 15.8 Å². The van der Waals surface area contributed by atoms with Crippen LogP contribution in [0.4, 0.5) is 4.39 Å². The molecule has 0 aliphatic carbocycles. The molecule has 0 unspecified atom stereocenters. The van der Waals surface area contributed by atoms with Crippen molar-refractivity contribution in [1.29, 1.82) is 0 Å². The fourth-order valence-electron chi connectivity index (χ4n) is 1.54. The minimum absolute atomic E-state index is 0.129. The van der Waals surface area contributed by atoms with Gasteiger partial charge in [0.05, 0.1) is 6.54 Å². The Morgan fingerprint density at radius 3 is 2.84 bits per heavy atom. The molecule has 0 aromatic heterocycles. The topological polar surface area (TPSA) is 99.7 Å². The van der Waals surface area contributed by atoms with Gasteiger partial charge in [0.25, 0.3) is 0 Å². The smallest absolute Gasteiger partial charge is 0.233 e. The van der Waals surface area contributed by atoms with Crippen molar-refractivity contribution in [2.75, 3.05) is 13.1 Å². The molecule has 0 spiro atoms. The van der Waals surface area contributed by atoms with Crippen LogP contribution in [-0.2, 0) is 11.3 Å². The van der Waals surface area contributed by atoms with Crippen LogP contribution in [0, 0.1) is 5.82 Å². The molecule has 0 atom stereocenters. The molecule has 1 rings (SSSR count). The van der Waals surface area contributed by atoms with Crippen molar-refractivity contribution in [3.8, 4) is 0 Å². The monoisotopic (exact) mass is 268 g/mol. The predicted molar refractivity (Wildman–Crippen MR) is 69.3 cm³/mol. The number of nitrogens with zero attached hydrogens (tertiary/aromatic N) is 1. The second-order valence-electron chi connectivity index (χ2n) is 3.89. The van der Waals surface area contributed by atoms with E-state index in [-0.39, 0.29) is 23.9 Å². The van der Waals surface area contributed by atoms with Gasteiger partial charge in [-0.25, -0.2) is 4.39 Å². The Morgan fingerprint density at radius 1 is 1.47 bits per heavy atom. The van der Waals surface area contributed by atoms with Gasteiger partial charge in [-0.1, -0.05) is 5.16 Å². The van der Waals surface area contributed by atoms with E-state index in [4.69, 9.17) is 10.9 Å². The number of halogens is 1. The summed E-state index contributed by atoms with van der Waals surface area (Å²) in [6.07, 6.45) is 0. The highest BCUT2D eigenvalue weighted by Gasteiger charge is 2.05. The zero-order valence-corrected chi connectivity index (χ0v) is 10.6. The van der Waals surface area contributed by atoms with E-state index in [1.54, 1.807) is 6.07 Å². The molecule has 1 aromatic carbocycles. The first-order valence-electron chi connectivity index (χ1n) is 5.81. The normalized spacial score (nSPS) is 11.4. The summed E-state index contributed by atoms with van der Waals surface area (Å²) in [5.74, 6) is -0.779. The van der Waals surface area contributed by atoms with Crippen LogP contribution in [0.15, 0.2) is 23.4 Å². The number of likely N-dealkylation sites (N-methyl/N-ethyl adjacent to an activating group) is 1. The van der Waals surface area contributed by atoms with Gasteiger partial charge in [-0.3, -0.25) is 4.79 Å². The highest BCUT2D eigenvalue weighted by Crippen LogP contribution is 2.09. The van der Waals surface area contributed by atoms with Crippen LogP contribution < -0.4 is 16.4 Å². The van der Waals surface area contributed by atoms with Gasteiger partial charge in [0.1, 0.15) is 5.82 Å². The number of nitrogens with two attached hydrogens (primary N) is 1. The predicted octanol–water partition coefficient (Wildman–Crippen LogP) is 0.146. The number of carbonyl (C=O) groups excluding carboxylic acids is 1. The van der Waals surface area contributed by atoms with E-state index in [0.29, 0.717) is 18.7 Å². The zero-order chi connectivity index (χ0) is 14.3. The van der Waals surface area contributed by atoms with Crippen molar-refractivity contribution in [2.24, 2.45) is 10.9 Å². The summed E-state index contributed by atoms with van der Waals surface area (Å²) in [5.41, 5.74) is 6.29. The summed E-state index contributed by atoms with van der Waals surface area (Å²) in [6, 6.07) is 4.07. The molecule has 104 valence electrons. The SMILES string of the molecule is CCNC(=O)CNCc1cc(F)cc(/C(N)=N/O)c1. The van der Waals surface area contributed by atoms with Crippen LogP contribution in [0.5, 0.6) is 0 Å². The lowest BCUT2D eigenvalue weighted by atomic mass is 10.1. The van der Waals surface area contributed by atoms with Gasteiger partial charge < -0.3 is 21.6 Å². The van der Waals surface area contributed by atoms with E-state index in [9.17, 15) is 9.18 Å². The van der Waals surface area contributed by atoms with Crippen LogP contribution in [0.1, 0.15) is 18.1 Å². The highest BCUT2D eigenvalue weighted by molar-refractivity contribution is 5.97. The summed E-state index contributed by atoms with van der Waals surface area (Å²) < 4.78 is 13.3. The van der Waals surface area contributed by atoms with Crippen molar-refractivity contribution >= 4 is 11.7 Å². The third-order valence-corrected chi connectivity index (χ3v) is 2.35. The number of amidine groups is 1. The number of rotatable bonds is 6. The van der Waals surface area contributed by atoms with Crippen molar-refractivity contribution in [3.05, 3.63) is 35.1 Å². The first-order valence-corrected chi connectivity index (χ1v) is 5.81. The Balaban J connectivity index is 2.64. The fourth-order valence-corrected chi connectivity index (χ4v) is 1.54. The summed E-state index contributed by atoms with van der Waals surface area (Å²) in [7, 11) is 0. The molecule has 0 aliphatic heterocycles. The number of oxime groups is 1. The third-order valence-electron chi connectivity index (χ3n) is 2.35. The molecule has 0 saturated heterocycles. The Morgan fingerprint density at radius 2 is 2.21 bits per heavy atom. The van der Waals surface area contributed by atoms with Crippen molar-refractivity contribution in [2.45, 2.75) is 13.5 Å². The van der Waals surface area contributed by atoms with Crippen molar-refractivity contribution in [3.63, 3.8) is 0 Å². The van der Waals surface area contributed by atoms with Crippen LogP contribution in [0.3, 0.4) is 0 Å². The Labute approximate surface area is 110 Å². The molecule has 7 heteroatoms. The molecule has 0 saturated carbocycles. The van der Waals surface area contributed by atoms with E-state index in [1.807, 2.05) is 6.92 Å². The van der Waals surface area contributed by atoms with E-state index in [0.717, 1.165) is 0 Å². The van der Waals surface area contributed by atoms with Gasteiger partial charge in [0.2, 0.25) is 5.91 Å². The van der Waals surface area contributed by atoms with E-state index < -0.39 is 5.82 Å². The average Bonchev–Trinajstić information content (AvgIpc) is 2.37. The van der Waals surface area contributed by atoms with E-state index in [1.165, 1.54) is 12.1 Å². The third kappa shape index (κ3) is 4.92. The first kappa shape index (κ1) is 14.9.